The molecule has 1 saturated heterocycles. The number of aromatic nitrogens is 2. The van der Waals surface area contributed by atoms with E-state index in [4.69, 9.17) is 16.2 Å². The molecule has 4 N–H and O–H groups in total. The zero-order chi connectivity index (χ0) is 19.1. The second kappa shape index (κ2) is 9.07. The molecule has 1 fully saturated rings. The van der Waals surface area contributed by atoms with Gasteiger partial charge in [-0.1, -0.05) is 0 Å². The third kappa shape index (κ3) is 5.64. The molecule has 0 unspecified atom stereocenters. The van der Waals surface area contributed by atoms with E-state index in [0.29, 0.717) is 24.4 Å². The van der Waals surface area contributed by atoms with E-state index in [1.165, 1.54) is 17.3 Å². The molecule has 0 spiro atoms. The second-order valence-corrected chi connectivity index (χ2v) is 5.94. The largest absolute Gasteiger partial charge is 0.436 e. The molecule has 1 atom stereocenters. The van der Waals surface area contributed by atoms with Crippen LogP contribution in [0.1, 0.15) is 31.4 Å². The maximum absolute atomic E-state index is 12.6. The Hall–Kier alpha value is -2.78. The minimum absolute atomic E-state index is 0.0587. The van der Waals surface area contributed by atoms with Gasteiger partial charge in [-0.2, -0.15) is 8.78 Å². The van der Waals surface area contributed by atoms with E-state index in [1.807, 2.05) is 0 Å². The van der Waals surface area contributed by atoms with Gasteiger partial charge in [-0.05, 0) is 37.7 Å². The van der Waals surface area contributed by atoms with E-state index in [-0.39, 0.29) is 37.9 Å². The van der Waals surface area contributed by atoms with E-state index in [2.05, 4.69) is 9.97 Å². The third-order valence-electron chi connectivity index (χ3n) is 4.10. The summed E-state index contributed by atoms with van der Waals surface area (Å²) in [4.78, 5) is 33.1. The first kappa shape index (κ1) is 19.5. The molecule has 1 aromatic heterocycles. The first-order valence-corrected chi connectivity index (χ1v) is 8.21. The number of halogens is 2. The van der Waals surface area contributed by atoms with Crippen molar-refractivity contribution in [3.8, 4) is 0 Å². The van der Waals surface area contributed by atoms with Gasteiger partial charge in [-0.3, -0.25) is 9.78 Å². The number of amides is 2. The van der Waals surface area contributed by atoms with Crippen molar-refractivity contribution in [2.45, 2.75) is 38.2 Å². The highest BCUT2D eigenvalue weighted by atomic mass is 19.3. The van der Waals surface area contributed by atoms with Gasteiger partial charge >= 0.3 is 6.09 Å². The Balaban J connectivity index is 1.91. The summed E-state index contributed by atoms with van der Waals surface area (Å²) in [5.41, 5.74) is 11.3. The van der Waals surface area contributed by atoms with Crippen LogP contribution in [0.15, 0.2) is 24.0 Å². The summed E-state index contributed by atoms with van der Waals surface area (Å²) in [6.45, 7) is 0.321. The highest BCUT2D eigenvalue weighted by Gasteiger charge is 2.29. The number of piperidine rings is 1. The van der Waals surface area contributed by atoms with Crippen molar-refractivity contribution in [2.75, 3.05) is 18.8 Å². The third-order valence-corrected chi connectivity index (χ3v) is 4.10. The average molecular weight is 369 g/mol. The number of nitrogens with zero attached hydrogens (tertiary/aromatic N) is 3. The van der Waals surface area contributed by atoms with E-state index in [1.54, 1.807) is 0 Å². The molecule has 10 heteroatoms. The van der Waals surface area contributed by atoms with E-state index in [0.717, 1.165) is 0 Å². The Labute approximate surface area is 149 Å². The number of likely N-dealkylation sites (tertiary alicyclic amines) is 1. The van der Waals surface area contributed by atoms with Crippen LogP contribution in [0.5, 0.6) is 0 Å². The molecule has 2 heterocycles. The van der Waals surface area contributed by atoms with Crippen LogP contribution in [0.3, 0.4) is 0 Å². The summed E-state index contributed by atoms with van der Waals surface area (Å²) in [6, 6.07) is 0. The number of rotatable bonds is 6. The van der Waals surface area contributed by atoms with Gasteiger partial charge < -0.3 is 21.1 Å². The van der Waals surface area contributed by atoms with Gasteiger partial charge in [0.15, 0.2) is 6.10 Å². The first-order chi connectivity index (χ1) is 12.4. The summed E-state index contributed by atoms with van der Waals surface area (Å²) in [5, 5.41) is 0. The monoisotopic (exact) mass is 369 g/mol. The molecule has 1 aliphatic heterocycles. The lowest BCUT2D eigenvalue weighted by molar-refractivity contribution is -0.141. The lowest BCUT2D eigenvalue weighted by Gasteiger charge is -2.30. The van der Waals surface area contributed by atoms with Gasteiger partial charge in [0, 0.05) is 13.1 Å². The van der Waals surface area contributed by atoms with Crippen molar-refractivity contribution in [3.05, 3.63) is 29.7 Å². The number of aryl methyl sites for hydroxylation is 1. The second-order valence-electron chi connectivity index (χ2n) is 5.94. The highest BCUT2D eigenvalue weighted by molar-refractivity contribution is 5.83. The molecule has 2 rings (SSSR count). The molecule has 0 aromatic carbocycles. The van der Waals surface area contributed by atoms with Gasteiger partial charge in [0.05, 0.1) is 18.1 Å². The number of hydrogen-bond acceptors (Lipinski definition) is 6. The van der Waals surface area contributed by atoms with Crippen molar-refractivity contribution < 1.29 is 23.1 Å². The Morgan fingerprint density at radius 3 is 2.46 bits per heavy atom. The lowest BCUT2D eigenvalue weighted by Crippen LogP contribution is -2.45. The Bertz CT molecular complexity index is 667. The minimum Gasteiger partial charge on any atom is -0.436 e. The molecule has 0 aliphatic carbocycles. The fraction of sp³-hybridized carbons (Fsp3) is 0.500. The van der Waals surface area contributed by atoms with E-state index < -0.39 is 24.2 Å². The number of hydrogen-bond donors (Lipinski definition) is 2. The van der Waals surface area contributed by atoms with Gasteiger partial charge in [-0.25, -0.2) is 9.78 Å². The summed E-state index contributed by atoms with van der Waals surface area (Å²) in [7, 11) is 0. The minimum atomic E-state index is -1.69. The van der Waals surface area contributed by atoms with Crippen LogP contribution < -0.4 is 11.5 Å². The summed E-state index contributed by atoms with van der Waals surface area (Å²) in [6.07, 6.45) is 0.650. The standard InChI is InChI=1S/C16H21F2N5O3/c17-14(18)10-4-6-23(7-5-10)15(24)12(26-16(20)25)3-1-2-11-8-22-13(19)9-21-11/h8-9,12H,1-7H2,(H2,19,22)(H2,20,25)/t12-/m0/s1. The fourth-order valence-corrected chi connectivity index (χ4v) is 2.73. The zero-order valence-electron chi connectivity index (χ0n) is 14.2. The maximum atomic E-state index is 12.6. The number of primary amides is 1. The maximum Gasteiger partial charge on any atom is 0.405 e. The van der Waals surface area contributed by atoms with E-state index >= 15 is 0 Å². The topological polar surface area (TPSA) is 124 Å². The van der Waals surface area contributed by atoms with Gasteiger partial charge in [-0.15, -0.1) is 0 Å². The summed E-state index contributed by atoms with van der Waals surface area (Å²) < 4.78 is 30.1. The Morgan fingerprint density at radius 1 is 1.23 bits per heavy atom. The van der Waals surface area contributed by atoms with Gasteiger partial charge in [0.25, 0.3) is 12.0 Å². The molecule has 142 valence electrons. The molecule has 1 aromatic rings. The van der Waals surface area contributed by atoms with Crippen molar-refractivity contribution in [2.24, 2.45) is 5.73 Å². The number of nitrogens with two attached hydrogens (primary N) is 2. The van der Waals surface area contributed by atoms with Gasteiger partial charge in [0.1, 0.15) is 5.82 Å². The quantitative estimate of drug-likeness (QED) is 0.785. The fourth-order valence-electron chi connectivity index (χ4n) is 2.73. The number of carbonyl (C=O) groups excluding carboxylic acids is 2. The molecule has 2 amide bonds. The predicted octanol–water partition coefficient (Wildman–Crippen LogP) is 1.62. The number of carbonyl (C=O) groups is 2. The number of ether oxygens (including phenoxy) is 1. The molecule has 26 heavy (non-hydrogen) atoms. The normalized spacial score (nSPS) is 15.5. The predicted molar refractivity (Wildman–Crippen MR) is 88.9 cm³/mol. The van der Waals surface area contributed by atoms with Crippen molar-refractivity contribution in [1.29, 1.82) is 0 Å². The van der Waals surface area contributed by atoms with Crippen LogP contribution in [0, 0.1) is 0 Å². The average Bonchev–Trinajstić information content (AvgIpc) is 2.61. The van der Waals surface area contributed by atoms with Crippen LogP contribution in [0.25, 0.3) is 0 Å². The molecule has 0 saturated carbocycles. The van der Waals surface area contributed by atoms with Crippen LogP contribution >= 0.6 is 0 Å². The van der Waals surface area contributed by atoms with Crippen molar-refractivity contribution in [3.63, 3.8) is 0 Å². The molecular weight excluding hydrogens is 348 g/mol. The van der Waals surface area contributed by atoms with Crippen molar-refractivity contribution in [1.82, 2.24) is 14.9 Å². The summed E-state index contributed by atoms with van der Waals surface area (Å²) in [5.74, 6) is -0.118. The Morgan fingerprint density at radius 2 is 1.92 bits per heavy atom. The van der Waals surface area contributed by atoms with E-state index in [9.17, 15) is 18.4 Å². The summed E-state index contributed by atoms with van der Waals surface area (Å²) >= 11 is 0. The molecule has 0 radical (unpaired) electrons. The van der Waals surface area contributed by atoms with Crippen LogP contribution in [0.4, 0.5) is 19.4 Å². The SMILES string of the molecule is NC(=O)O[C@@H](CCCc1cnc(N)cn1)C(=O)N1CCC(=C(F)F)CC1. The van der Waals surface area contributed by atoms with Crippen LogP contribution in [0.2, 0.25) is 0 Å². The number of anilines is 1. The number of nitrogen functional groups attached to an aromatic ring is 1. The molecule has 0 bridgehead atoms. The van der Waals surface area contributed by atoms with Crippen LogP contribution in [-0.2, 0) is 16.0 Å². The molecular formula is C16H21F2N5O3. The lowest BCUT2D eigenvalue weighted by atomic mass is 10.0. The Kier molecular flexibility index (Phi) is 6.81. The smallest absolute Gasteiger partial charge is 0.405 e. The molecule has 1 aliphatic rings. The van der Waals surface area contributed by atoms with Gasteiger partial charge in [0.2, 0.25) is 0 Å². The zero-order valence-corrected chi connectivity index (χ0v) is 14.2. The van der Waals surface area contributed by atoms with Crippen LogP contribution in [-0.4, -0.2) is 46.1 Å². The first-order valence-electron chi connectivity index (χ1n) is 8.21. The molecule has 8 nitrogen and oxygen atoms in total. The van der Waals surface area contributed by atoms with Crippen molar-refractivity contribution >= 4 is 17.8 Å². The highest BCUT2D eigenvalue weighted by Crippen LogP contribution is 2.23.